The summed E-state index contributed by atoms with van der Waals surface area (Å²) in [7, 11) is -1.05. The highest BCUT2D eigenvalue weighted by Crippen LogP contribution is 2.42. The van der Waals surface area contributed by atoms with E-state index in [0.29, 0.717) is 13.2 Å². The van der Waals surface area contributed by atoms with Crippen molar-refractivity contribution < 1.29 is 14.1 Å². The van der Waals surface area contributed by atoms with Gasteiger partial charge in [0.25, 0.3) is 0 Å². The molecule has 1 unspecified atom stereocenters. The van der Waals surface area contributed by atoms with E-state index in [-0.39, 0.29) is 5.41 Å². The number of aliphatic hydroxyl groups is 1. The Labute approximate surface area is 152 Å². The van der Waals surface area contributed by atoms with E-state index in [1.54, 1.807) is 0 Å². The number of rotatable bonds is 4. The van der Waals surface area contributed by atoms with Crippen molar-refractivity contribution in [2.24, 2.45) is 5.41 Å². The van der Waals surface area contributed by atoms with Crippen LogP contribution in [0.3, 0.4) is 0 Å². The second kappa shape index (κ2) is 6.43. The lowest BCUT2D eigenvalue weighted by Gasteiger charge is -2.60. The standard InChI is InChI=1S/C19H28N2O3S/c1-15-3-4-17(16(2)9-15)25(23)21-12-18(13-21)10-20(11-18)14-19(22)5-7-24-8-6-19/h3-4,9,22H,5-8,10-14H2,1-2H3. The molecule has 3 saturated heterocycles. The van der Waals surface area contributed by atoms with Gasteiger partial charge in [0.05, 0.1) is 10.5 Å². The van der Waals surface area contributed by atoms with Crippen LogP contribution in [0.25, 0.3) is 0 Å². The molecular formula is C19H28N2O3S. The van der Waals surface area contributed by atoms with Crippen molar-refractivity contribution in [3.05, 3.63) is 29.3 Å². The van der Waals surface area contributed by atoms with E-state index < -0.39 is 16.6 Å². The molecule has 0 radical (unpaired) electrons. The molecule has 138 valence electrons. The van der Waals surface area contributed by atoms with Crippen LogP contribution in [0.4, 0.5) is 0 Å². The molecule has 1 N–H and O–H groups in total. The van der Waals surface area contributed by atoms with Crippen molar-refractivity contribution >= 4 is 11.0 Å². The number of hydrogen-bond acceptors (Lipinski definition) is 4. The molecule has 0 saturated carbocycles. The van der Waals surface area contributed by atoms with Crippen LogP contribution in [-0.2, 0) is 15.7 Å². The minimum Gasteiger partial charge on any atom is -0.388 e. The van der Waals surface area contributed by atoms with E-state index in [4.69, 9.17) is 4.74 Å². The van der Waals surface area contributed by atoms with Crippen molar-refractivity contribution in [3.8, 4) is 0 Å². The Kier molecular flexibility index (Phi) is 4.53. The average Bonchev–Trinajstić information content (AvgIpc) is 2.48. The van der Waals surface area contributed by atoms with Gasteiger partial charge in [-0.3, -0.25) is 4.90 Å². The Morgan fingerprint density at radius 3 is 2.48 bits per heavy atom. The molecule has 3 fully saturated rings. The molecule has 5 nitrogen and oxygen atoms in total. The average molecular weight is 365 g/mol. The van der Waals surface area contributed by atoms with Gasteiger partial charge >= 0.3 is 0 Å². The minimum absolute atomic E-state index is 0.287. The third-order valence-corrected chi connectivity index (χ3v) is 7.40. The molecule has 1 aromatic carbocycles. The molecule has 6 heteroatoms. The number of ether oxygens (including phenoxy) is 1. The van der Waals surface area contributed by atoms with E-state index >= 15 is 0 Å². The van der Waals surface area contributed by atoms with Gasteiger partial charge in [-0.15, -0.1) is 0 Å². The second-order valence-corrected chi connectivity index (χ2v) is 9.75. The fourth-order valence-corrected chi connectivity index (χ4v) is 6.07. The summed E-state index contributed by atoms with van der Waals surface area (Å²) in [6, 6.07) is 6.14. The highest BCUT2D eigenvalue weighted by atomic mass is 32.2. The Morgan fingerprint density at radius 2 is 1.84 bits per heavy atom. The maximum Gasteiger partial charge on any atom is 0.127 e. The van der Waals surface area contributed by atoms with Crippen LogP contribution in [0, 0.1) is 19.3 Å². The quantitative estimate of drug-likeness (QED) is 0.879. The van der Waals surface area contributed by atoms with Crippen molar-refractivity contribution in [2.45, 2.75) is 37.2 Å². The monoisotopic (exact) mass is 364 g/mol. The molecular weight excluding hydrogens is 336 g/mol. The van der Waals surface area contributed by atoms with Gasteiger partial charge in [-0.25, -0.2) is 8.51 Å². The smallest absolute Gasteiger partial charge is 0.127 e. The third kappa shape index (κ3) is 3.43. The lowest BCUT2D eigenvalue weighted by Crippen LogP contribution is -2.73. The van der Waals surface area contributed by atoms with Crippen LogP contribution >= 0.6 is 0 Å². The number of aryl methyl sites for hydroxylation is 2. The number of likely N-dealkylation sites (tertiary alicyclic amines) is 1. The predicted molar refractivity (Wildman–Crippen MR) is 97.8 cm³/mol. The molecule has 1 aromatic rings. The summed E-state index contributed by atoms with van der Waals surface area (Å²) in [5.74, 6) is 0. The van der Waals surface area contributed by atoms with Crippen molar-refractivity contribution in [2.75, 3.05) is 45.9 Å². The summed E-state index contributed by atoms with van der Waals surface area (Å²) in [5.41, 5.74) is 2.02. The Bertz CT molecular complexity index is 673. The van der Waals surface area contributed by atoms with Crippen LogP contribution in [0.15, 0.2) is 23.1 Å². The summed E-state index contributed by atoms with van der Waals surface area (Å²) >= 11 is 0. The second-order valence-electron chi connectivity index (χ2n) is 8.30. The fraction of sp³-hybridized carbons (Fsp3) is 0.684. The Morgan fingerprint density at radius 1 is 1.16 bits per heavy atom. The maximum atomic E-state index is 12.8. The highest BCUT2D eigenvalue weighted by molar-refractivity contribution is 7.82. The van der Waals surface area contributed by atoms with Crippen molar-refractivity contribution in [3.63, 3.8) is 0 Å². The third-order valence-electron chi connectivity index (χ3n) is 5.84. The zero-order valence-corrected chi connectivity index (χ0v) is 16.0. The summed E-state index contributed by atoms with van der Waals surface area (Å²) < 4.78 is 20.2. The summed E-state index contributed by atoms with van der Waals surface area (Å²) in [5, 5.41) is 10.6. The molecule has 0 amide bonds. The Hall–Kier alpha value is -0.790. The highest BCUT2D eigenvalue weighted by Gasteiger charge is 2.54. The first-order valence-corrected chi connectivity index (χ1v) is 10.3. The zero-order valence-electron chi connectivity index (χ0n) is 15.2. The van der Waals surface area contributed by atoms with E-state index in [2.05, 4.69) is 22.2 Å². The van der Waals surface area contributed by atoms with E-state index in [0.717, 1.165) is 56.0 Å². The van der Waals surface area contributed by atoms with E-state index in [1.807, 2.05) is 19.1 Å². The molecule has 0 aromatic heterocycles. The fourth-order valence-electron chi connectivity index (χ4n) is 4.49. The maximum absolute atomic E-state index is 12.8. The molecule has 1 atom stereocenters. The first-order valence-electron chi connectivity index (χ1n) is 9.15. The molecule has 3 aliphatic rings. The summed E-state index contributed by atoms with van der Waals surface area (Å²) in [6.45, 7) is 9.99. The van der Waals surface area contributed by atoms with E-state index in [1.165, 1.54) is 5.56 Å². The zero-order chi connectivity index (χ0) is 17.7. The summed E-state index contributed by atoms with van der Waals surface area (Å²) in [6.07, 6.45) is 1.47. The summed E-state index contributed by atoms with van der Waals surface area (Å²) in [4.78, 5) is 3.29. The molecule has 3 aliphatic heterocycles. The molecule has 3 heterocycles. The lowest BCUT2D eigenvalue weighted by molar-refractivity contribution is -0.134. The van der Waals surface area contributed by atoms with Crippen molar-refractivity contribution in [1.29, 1.82) is 0 Å². The van der Waals surface area contributed by atoms with Gasteiger partial charge in [0.1, 0.15) is 11.0 Å². The van der Waals surface area contributed by atoms with E-state index in [9.17, 15) is 9.32 Å². The van der Waals surface area contributed by atoms with Gasteiger partial charge in [-0.1, -0.05) is 17.7 Å². The molecule has 0 aliphatic carbocycles. The molecule has 0 bridgehead atoms. The van der Waals surface area contributed by atoms with Crippen LogP contribution in [0.1, 0.15) is 24.0 Å². The molecule has 25 heavy (non-hydrogen) atoms. The largest absolute Gasteiger partial charge is 0.388 e. The number of benzene rings is 1. The predicted octanol–water partition coefficient (Wildman–Crippen LogP) is 1.49. The molecule has 4 rings (SSSR count). The SMILES string of the molecule is Cc1ccc(S(=O)N2CC3(CN(CC4(O)CCOCC4)C3)C2)c(C)c1. The minimum atomic E-state index is -1.05. The Balaban J connectivity index is 1.29. The normalized spacial score (nSPS) is 26.8. The number of β-amino-alcohol motifs (C(OH)–C–C–N with tert-alkyl or cyclic N) is 1. The number of nitrogens with zero attached hydrogens (tertiary/aromatic N) is 2. The van der Waals surface area contributed by atoms with Gasteiger partial charge in [0.15, 0.2) is 0 Å². The van der Waals surface area contributed by atoms with Crippen LogP contribution in [0.2, 0.25) is 0 Å². The van der Waals surface area contributed by atoms with Crippen LogP contribution in [-0.4, -0.2) is 70.1 Å². The van der Waals surface area contributed by atoms with Gasteiger partial charge in [-0.05, 0) is 25.5 Å². The van der Waals surface area contributed by atoms with Crippen LogP contribution in [0.5, 0.6) is 0 Å². The molecule has 1 spiro atoms. The van der Waals surface area contributed by atoms with Gasteiger partial charge < -0.3 is 9.84 Å². The lowest BCUT2D eigenvalue weighted by atomic mass is 9.73. The topological polar surface area (TPSA) is 53.0 Å². The van der Waals surface area contributed by atoms with Gasteiger partial charge in [0.2, 0.25) is 0 Å². The van der Waals surface area contributed by atoms with Crippen LogP contribution < -0.4 is 0 Å². The first kappa shape index (κ1) is 17.6. The number of hydrogen-bond donors (Lipinski definition) is 1. The van der Waals surface area contributed by atoms with Gasteiger partial charge in [-0.2, -0.15) is 0 Å². The first-order chi connectivity index (χ1) is 11.9. The van der Waals surface area contributed by atoms with Crippen molar-refractivity contribution in [1.82, 2.24) is 9.21 Å². The van der Waals surface area contributed by atoms with Gasteiger partial charge in [0, 0.05) is 64.2 Å².